The zero-order valence-electron chi connectivity index (χ0n) is 12.7. The van der Waals surface area contributed by atoms with Crippen molar-refractivity contribution in [3.8, 4) is 0 Å². The Balaban J connectivity index is 1.80. The minimum atomic E-state index is -0.279. The number of hydrogen-bond donors (Lipinski definition) is 1. The van der Waals surface area contributed by atoms with Crippen LogP contribution in [0.25, 0.3) is 10.1 Å². The third-order valence-electron chi connectivity index (χ3n) is 3.43. The zero-order chi connectivity index (χ0) is 16.4. The Morgan fingerprint density at radius 2 is 2.13 bits per heavy atom. The lowest BCUT2D eigenvalue weighted by molar-refractivity contribution is 0.0959. The number of thiophene rings is 2. The van der Waals surface area contributed by atoms with E-state index in [1.165, 1.54) is 21.8 Å². The molecule has 3 aromatic rings. The van der Waals surface area contributed by atoms with E-state index in [-0.39, 0.29) is 5.91 Å². The van der Waals surface area contributed by atoms with Gasteiger partial charge in [-0.1, -0.05) is 30.7 Å². The van der Waals surface area contributed by atoms with E-state index in [1.807, 2.05) is 31.2 Å². The number of benzene rings is 1. The molecule has 23 heavy (non-hydrogen) atoms. The summed E-state index contributed by atoms with van der Waals surface area (Å²) in [6.07, 6.45) is 2.60. The number of aryl methyl sites for hydroxylation is 2. The summed E-state index contributed by atoms with van der Waals surface area (Å²) in [5, 5.41) is 5.42. The van der Waals surface area contributed by atoms with E-state index in [1.54, 1.807) is 17.6 Å². The van der Waals surface area contributed by atoms with Gasteiger partial charge in [0.1, 0.15) is 4.88 Å². The number of fused-ring (bicyclic) bond motifs is 1. The highest BCUT2D eigenvalue weighted by atomic mass is 35.5. The van der Waals surface area contributed by atoms with Crippen LogP contribution in [-0.4, -0.2) is 12.1 Å². The number of nitrogens with zero attached hydrogens (tertiary/aromatic N) is 1. The summed E-state index contributed by atoms with van der Waals surface area (Å²) in [4.78, 5) is 15.0. The van der Waals surface area contributed by atoms with E-state index in [0.717, 1.165) is 21.4 Å². The number of nitrogens with one attached hydrogen (secondary N) is 1. The summed E-state index contributed by atoms with van der Waals surface area (Å²) >= 11 is 9.37. The molecule has 0 saturated carbocycles. The average molecular weight is 363 g/mol. The van der Waals surface area contributed by atoms with Crippen molar-refractivity contribution in [2.24, 2.45) is 5.10 Å². The Labute approximate surface area is 147 Å². The molecule has 3 rings (SSSR count). The fourth-order valence-corrected chi connectivity index (χ4v) is 4.42. The number of hydrogen-bond acceptors (Lipinski definition) is 4. The smallest absolute Gasteiger partial charge is 0.266 e. The molecule has 2 aromatic heterocycles. The highest BCUT2D eigenvalue weighted by Gasteiger charge is 2.16. The number of carbonyl (C=O) groups is 1. The minimum Gasteiger partial charge on any atom is -0.266 e. The van der Waals surface area contributed by atoms with Gasteiger partial charge in [-0.05, 0) is 37.1 Å². The minimum absolute atomic E-state index is 0.279. The maximum atomic E-state index is 12.3. The first-order valence-electron chi connectivity index (χ1n) is 7.19. The van der Waals surface area contributed by atoms with Crippen molar-refractivity contribution in [1.82, 2.24) is 5.43 Å². The first-order chi connectivity index (χ1) is 11.1. The maximum absolute atomic E-state index is 12.3. The molecule has 0 saturated heterocycles. The topological polar surface area (TPSA) is 41.5 Å². The first kappa shape index (κ1) is 16.2. The fraction of sp³-hybridized carbons (Fsp3) is 0.176. The summed E-state index contributed by atoms with van der Waals surface area (Å²) in [5.41, 5.74) is 3.78. The Hall–Kier alpha value is -1.69. The fourth-order valence-electron chi connectivity index (χ4n) is 2.20. The molecular weight excluding hydrogens is 348 g/mol. The van der Waals surface area contributed by atoms with Crippen LogP contribution in [0, 0.1) is 6.92 Å². The lowest BCUT2D eigenvalue weighted by Crippen LogP contribution is -2.16. The molecule has 3 nitrogen and oxygen atoms in total. The van der Waals surface area contributed by atoms with Crippen LogP contribution in [0.4, 0.5) is 0 Å². The van der Waals surface area contributed by atoms with Gasteiger partial charge in [0.2, 0.25) is 0 Å². The van der Waals surface area contributed by atoms with Gasteiger partial charge in [0.15, 0.2) is 0 Å². The molecule has 1 amide bonds. The summed E-state index contributed by atoms with van der Waals surface area (Å²) in [7, 11) is 0. The van der Waals surface area contributed by atoms with Gasteiger partial charge in [0, 0.05) is 19.8 Å². The highest BCUT2D eigenvalue weighted by molar-refractivity contribution is 7.21. The van der Waals surface area contributed by atoms with E-state index in [2.05, 4.69) is 23.5 Å². The van der Waals surface area contributed by atoms with E-state index in [0.29, 0.717) is 9.90 Å². The largest absolute Gasteiger partial charge is 0.283 e. The summed E-state index contributed by atoms with van der Waals surface area (Å²) < 4.78 is 1.03. The van der Waals surface area contributed by atoms with Crippen molar-refractivity contribution >= 4 is 56.5 Å². The van der Waals surface area contributed by atoms with Crippen molar-refractivity contribution in [1.29, 1.82) is 0 Å². The summed E-state index contributed by atoms with van der Waals surface area (Å²) in [6, 6.07) is 10.1. The predicted molar refractivity (Wildman–Crippen MR) is 100 cm³/mol. The SMILES string of the molecule is CCc1ccc2c(Cl)c(C(=O)N/N=C/c3ccc(C)s3)sc2c1. The third kappa shape index (κ3) is 3.47. The van der Waals surface area contributed by atoms with E-state index >= 15 is 0 Å². The van der Waals surface area contributed by atoms with Crippen molar-refractivity contribution in [3.63, 3.8) is 0 Å². The highest BCUT2D eigenvalue weighted by Crippen LogP contribution is 2.35. The van der Waals surface area contributed by atoms with Gasteiger partial charge in [-0.2, -0.15) is 5.10 Å². The second-order valence-corrected chi connectivity index (χ2v) is 7.83. The Kier molecular flexibility index (Phi) is 4.80. The van der Waals surface area contributed by atoms with Crippen molar-refractivity contribution < 1.29 is 4.79 Å². The average Bonchev–Trinajstić information content (AvgIpc) is 3.10. The van der Waals surface area contributed by atoms with Gasteiger partial charge < -0.3 is 0 Å². The van der Waals surface area contributed by atoms with E-state index in [4.69, 9.17) is 11.6 Å². The molecule has 6 heteroatoms. The molecule has 1 N–H and O–H groups in total. The molecule has 0 aliphatic heterocycles. The van der Waals surface area contributed by atoms with Crippen LogP contribution in [0.1, 0.15) is 31.9 Å². The number of carbonyl (C=O) groups excluding carboxylic acids is 1. The van der Waals surface area contributed by atoms with Gasteiger partial charge in [-0.3, -0.25) is 4.79 Å². The molecule has 1 aromatic carbocycles. The number of hydrazone groups is 1. The van der Waals surface area contributed by atoms with E-state index in [9.17, 15) is 4.79 Å². The molecule has 0 bridgehead atoms. The monoisotopic (exact) mass is 362 g/mol. The predicted octanol–water partition coefficient (Wildman–Crippen LogP) is 5.25. The number of halogens is 1. The standard InChI is InChI=1S/C17H15ClN2OS2/c1-3-11-5-7-13-14(8-11)23-16(15(13)18)17(21)20-19-9-12-6-4-10(2)22-12/h4-9H,3H2,1-2H3,(H,20,21)/b19-9+. The maximum Gasteiger partial charge on any atom is 0.283 e. The number of rotatable bonds is 4. The second-order valence-electron chi connectivity index (χ2n) is 5.08. The van der Waals surface area contributed by atoms with Crippen molar-refractivity contribution in [2.75, 3.05) is 0 Å². The van der Waals surface area contributed by atoms with E-state index < -0.39 is 0 Å². The molecular formula is C17H15ClN2OS2. The lowest BCUT2D eigenvalue weighted by Gasteiger charge is -1.96. The molecule has 2 heterocycles. The zero-order valence-corrected chi connectivity index (χ0v) is 15.1. The number of amides is 1. The van der Waals surface area contributed by atoms with Crippen molar-refractivity contribution in [2.45, 2.75) is 20.3 Å². The Morgan fingerprint density at radius 1 is 1.30 bits per heavy atom. The van der Waals surface area contributed by atoms with Crippen LogP contribution >= 0.6 is 34.3 Å². The molecule has 0 radical (unpaired) electrons. The van der Waals surface area contributed by atoms with Crippen LogP contribution in [0.15, 0.2) is 35.4 Å². The molecule has 0 spiro atoms. The van der Waals surface area contributed by atoms with Gasteiger partial charge in [0.05, 0.1) is 11.2 Å². The van der Waals surface area contributed by atoms with Crippen molar-refractivity contribution in [3.05, 3.63) is 55.5 Å². The van der Waals surface area contributed by atoms with Gasteiger partial charge in [0.25, 0.3) is 5.91 Å². The molecule has 118 valence electrons. The lowest BCUT2D eigenvalue weighted by atomic mass is 10.1. The van der Waals surface area contributed by atoms with Crippen LogP contribution in [0.5, 0.6) is 0 Å². The van der Waals surface area contributed by atoms with Gasteiger partial charge in [-0.25, -0.2) is 5.43 Å². The second kappa shape index (κ2) is 6.83. The van der Waals surface area contributed by atoms with Crippen LogP contribution < -0.4 is 5.43 Å². The van der Waals surface area contributed by atoms with Crippen LogP contribution in [0.2, 0.25) is 5.02 Å². The quantitative estimate of drug-likeness (QED) is 0.499. The molecule has 0 atom stereocenters. The van der Waals surface area contributed by atoms with Gasteiger partial charge >= 0.3 is 0 Å². The first-order valence-corrected chi connectivity index (χ1v) is 9.20. The summed E-state index contributed by atoms with van der Waals surface area (Å²) in [5.74, 6) is -0.279. The Bertz CT molecular complexity index is 895. The molecule has 0 aliphatic rings. The van der Waals surface area contributed by atoms with Crippen LogP contribution in [0.3, 0.4) is 0 Å². The molecule has 0 unspecified atom stereocenters. The third-order valence-corrected chi connectivity index (χ3v) is 6.02. The van der Waals surface area contributed by atoms with Gasteiger partial charge in [-0.15, -0.1) is 22.7 Å². The summed E-state index contributed by atoms with van der Waals surface area (Å²) in [6.45, 7) is 4.13. The van der Waals surface area contributed by atoms with Crippen LogP contribution in [-0.2, 0) is 6.42 Å². The normalized spacial score (nSPS) is 11.4. The molecule has 0 aliphatic carbocycles. The molecule has 0 fully saturated rings. The Morgan fingerprint density at radius 3 is 2.83 bits per heavy atom.